The fourth-order valence-corrected chi connectivity index (χ4v) is 3.67. The highest BCUT2D eigenvalue weighted by Gasteiger charge is 2.21. The Morgan fingerprint density at radius 2 is 1.69 bits per heavy atom. The van der Waals surface area contributed by atoms with E-state index in [0.29, 0.717) is 24.4 Å². The molecule has 0 aliphatic heterocycles. The molecule has 3 rings (SSSR count). The topological polar surface area (TPSA) is 58.6 Å². The van der Waals surface area contributed by atoms with E-state index >= 15 is 0 Å². The van der Waals surface area contributed by atoms with E-state index < -0.39 is 0 Å². The summed E-state index contributed by atoms with van der Waals surface area (Å²) < 4.78 is 5.75. The monoisotopic (exact) mass is 432 g/mol. The number of likely N-dealkylation sites (N-methyl/N-ethyl adjacent to an activating group) is 1. The van der Waals surface area contributed by atoms with Crippen LogP contribution in [0.3, 0.4) is 0 Å². The molecule has 6 nitrogen and oxygen atoms in total. The van der Waals surface area contributed by atoms with E-state index in [4.69, 9.17) is 4.74 Å². The number of benzene rings is 2. The Hall–Kier alpha value is -3.25. The van der Waals surface area contributed by atoms with Crippen molar-refractivity contribution in [3.63, 3.8) is 0 Å². The van der Waals surface area contributed by atoms with Crippen molar-refractivity contribution >= 4 is 5.91 Å². The first kappa shape index (κ1) is 23.4. The van der Waals surface area contributed by atoms with Gasteiger partial charge in [0.25, 0.3) is 5.91 Å². The third kappa shape index (κ3) is 5.92. The van der Waals surface area contributed by atoms with E-state index in [-0.39, 0.29) is 11.9 Å². The molecule has 2 aromatic carbocycles. The normalized spacial score (nSPS) is 11.0. The van der Waals surface area contributed by atoms with Crippen LogP contribution in [0.2, 0.25) is 0 Å². The second-order valence-corrected chi connectivity index (χ2v) is 8.54. The van der Waals surface area contributed by atoms with Gasteiger partial charge in [0, 0.05) is 31.9 Å². The Labute approximate surface area is 190 Å². The van der Waals surface area contributed by atoms with Gasteiger partial charge in [0.05, 0.1) is 11.3 Å². The van der Waals surface area contributed by atoms with Crippen LogP contribution in [-0.2, 0) is 6.54 Å². The summed E-state index contributed by atoms with van der Waals surface area (Å²) in [7, 11) is 5.77. The minimum absolute atomic E-state index is 0.123. The molecule has 0 saturated carbocycles. The number of nitrogens with zero attached hydrogens (tertiary/aromatic N) is 4. The van der Waals surface area contributed by atoms with Crippen molar-refractivity contribution < 1.29 is 9.53 Å². The number of carbonyl (C=O) groups excluding carboxylic acids is 1. The fourth-order valence-electron chi connectivity index (χ4n) is 3.67. The van der Waals surface area contributed by atoms with E-state index in [0.717, 1.165) is 23.2 Å². The Morgan fingerprint density at radius 1 is 1.00 bits per heavy atom. The third-order valence-electron chi connectivity index (χ3n) is 5.21. The maximum Gasteiger partial charge on any atom is 0.316 e. The van der Waals surface area contributed by atoms with Crippen LogP contribution in [-0.4, -0.2) is 60.0 Å². The number of aromatic nitrogens is 2. The summed E-state index contributed by atoms with van der Waals surface area (Å²) in [5.74, 6) is -0.123. The molecule has 0 unspecified atom stereocenters. The largest absolute Gasteiger partial charge is 0.462 e. The minimum Gasteiger partial charge on any atom is -0.462 e. The average Bonchev–Trinajstić information content (AvgIpc) is 2.72. The van der Waals surface area contributed by atoms with Crippen molar-refractivity contribution in [1.82, 2.24) is 19.8 Å². The number of rotatable bonds is 8. The van der Waals surface area contributed by atoms with Crippen LogP contribution >= 0.6 is 0 Å². The number of ether oxygens (including phenoxy) is 1. The molecule has 0 aliphatic rings. The second-order valence-electron chi connectivity index (χ2n) is 8.54. The highest BCUT2D eigenvalue weighted by molar-refractivity contribution is 5.99. The van der Waals surface area contributed by atoms with E-state index in [1.165, 1.54) is 11.1 Å². The van der Waals surface area contributed by atoms with Gasteiger partial charge < -0.3 is 14.5 Å². The SMILES string of the molecule is Cc1cc(C)cc(CN(C)C(=O)c2cnc(OCCN(C)C)nc2-c2ccccc2C)c1. The third-order valence-corrected chi connectivity index (χ3v) is 5.21. The van der Waals surface area contributed by atoms with Gasteiger partial charge in [-0.25, -0.2) is 4.98 Å². The Morgan fingerprint density at radius 3 is 2.34 bits per heavy atom. The molecule has 0 N–H and O–H groups in total. The van der Waals surface area contributed by atoms with Gasteiger partial charge in [-0.15, -0.1) is 0 Å². The van der Waals surface area contributed by atoms with E-state index in [9.17, 15) is 4.79 Å². The van der Waals surface area contributed by atoms with Gasteiger partial charge in [-0.2, -0.15) is 4.98 Å². The van der Waals surface area contributed by atoms with Gasteiger partial charge in [0.2, 0.25) is 0 Å². The van der Waals surface area contributed by atoms with E-state index in [1.807, 2.05) is 57.2 Å². The van der Waals surface area contributed by atoms with Crippen LogP contribution in [0.4, 0.5) is 0 Å². The van der Waals surface area contributed by atoms with Crippen molar-refractivity contribution in [2.45, 2.75) is 27.3 Å². The molecule has 3 aromatic rings. The van der Waals surface area contributed by atoms with Gasteiger partial charge in [-0.1, -0.05) is 53.6 Å². The molecule has 1 aromatic heterocycles. The van der Waals surface area contributed by atoms with Crippen LogP contribution in [0, 0.1) is 20.8 Å². The minimum atomic E-state index is -0.123. The molecule has 0 radical (unpaired) electrons. The molecule has 1 heterocycles. The molecular weight excluding hydrogens is 400 g/mol. The standard InChI is InChI=1S/C26H32N4O2/c1-18-13-19(2)15-21(14-18)17-30(6)25(31)23-16-27-26(32-12-11-29(4)5)28-24(23)22-10-8-7-9-20(22)3/h7-10,13-16H,11-12,17H2,1-6H3. The molecule has 1 amide bonds. The molecule has 0 spiro atoms. The predicted molar refractivity (Wildman–Crippen MR) is 128 cm³/mol. The molecule has 0 bridgehead atoms. The van der Waals surface area contributed by atoms with Crippen LogP contribution < -0.4 is 4.74 Å². The predicted octanol–water partition coefficient (Wildman–Crippen LogP) is 4.28. The van der Waals surface area contributed by atoms with E-state index in [1.54, 1.807) is 11.1 Å². The van der Waals surface area contributed by atoms with Crippen LogP contribution in [0.25, 0.3) is 11.3 Å². The second kappa shape index (κ2) is 10.4. The fraction of sp³-hybridized carbons (Fsp3) is 0.346. The van der Waals surface area contributed by atoms with Gasteiger partial charge >= 0.3 is 6.01 Å². The molecule has 0 fully saturated rings. The van der Waals surface area contributed by atoms with Crippen molar-refractivity contribution in [1.29, 1.82) is 0 Å². The number of carbonyl (C=O) groups is 1. The molecule has 0 aliphatic carbocycles. The molecule has 0 atom stereocenters. The maximum absolute atomic E-state index is 13.4. The number of amides is 1. The molecule has 6 heteroatoms. The van der Waals surface area contributed by atoms with Crippen LogP contribution in [0.15, 0.2) is 48.7 Å². The Balaban J connectivity index is 1.93. The molecule has 32 heavy (non-hydrogen) atoms. The van der Waals surface area contributed by atoms with Crippen LogP contribution in [0.1, 0.15) is 32.6 Å². The average molecular weight is 433 g/mol. The zero-order chi connectivity index (χ0) is 23.3. The Bertz CT molecular complexity index is 1070. The zero-order valence-electron chi connectivity index (χ0n) is 19.8. The lowest BCUT2D eigenvalue weighted by molar-refractivity contribution is 0.0785. The summed E-state index contributed by atoms with van der Waals surface area (Å²) in [6.07, 6.45) is 1.58. The quantitative estimate of drug-likeness (QED) is 0.532. The first-order chi connectivity index (χ1) is 15.2. The van der Waals surface area contributed by atoms with Crippen molar-refractivity contribution in [2.24, 2.45) is 0 Å². The first-order valence-electron chi connectivity index (χ1n) is 10.8. The first-order valence-corrected chi connectivity index (χ1v) is 10.8. The lowest BCUT2D eigenvalue weighted by atomic mass is 10.0. The van der Waals surface area contributed by atoms with Gasteiger partial charge in [-0.3, -0.25) is 4.79 Å². The maximum atomic E-state index is 13.4. The molecular formula is C26H32N4O2. The van der Waals surface area contributed by atoms with E-state index in [2.05, 4.69) is 42.0 Å². The van der Waals surface area contributed by atoms with Crippen molar-refractivity contribution in [3.8, 4) is 17.3 Å². The summed E-state index contributed by atoms with van der Waals surface area (Å²) in [6.45, 7) is 7.88. The van der Waals surface area contributed by atoms with Crippen LogP contribution in [0.5, 0.6) is 6.01 Å². The number of hydrogen-bond donors (Lipinski definition) is 0. The summed E-state index contributed by atoms with van der Waals surface area (Å²) >= 11 is 0. The zero-order valence-corrected chi connectivity index (χ0v) is 19.8. The summed E-state index contributed by atoms with van der Waals surface area (Å²) in [4.78, 5) is 26.1. The summed E-state index contributed by atoms with van der Waals surface area (Å²) in [5.41, 5.74) is 6.46. The lowest BCUT2D eigenvalue weighted by Gasteiger charge is -2.20. The van der Waals surface area contributed by atoms with Crippen molar-refractivity contribution in [2.75, 3.05) is 34.3 Å². The van der Waals surface area contributed by atoms with Gasteiger partial charge in [0.15, 0.2) is 0 Å². The highest BCUT2D eigenvalue weighted by Crippen LogP contribution is 2.27. The smallest absolute Gasteiger partial charge is 0.316 e. The number of hydrogen-bond acceptors (Lipinski definition) is 5. The summed E-state index contributed by atoms with van der Waals surface area (Å²) in [6, 6.07) is 14.5. The van der Waals surface area contributed by atoms with Gasteiger partial charge in [0.1, 0.15) is 6.61 Å². The van der Waals surface area contributed by atoms with Gasteiger partial charge in [-0.05, 0) is 46.0 Å². The Kier molecular flexibility index (Phi) is 7.59. The number of aryl methyl sites for hydroxylation is 3. The molecule has 168 valence electrons. The molecule has 0 saturated heterocycles. The summed E-state index contributed by atoms with van der Waals surface area (Å²) in [5, 5.41) is 0. The highest BCUT2D eigenvalue weighted by atomic mass is 16.5. The lowest BCUT2D eigenvalue weighted by Crippen LogP contribution is -2.27. The van der Waals surface area contributed by atoms with Crippen molar-refractivity contribution in [3.05, 3.63) is 76.5 Å².